The highest BCUT2D eigenvalue weighted by Gasteiger charge is 2.39. The molecule has 62 heavy (non-hydrogen) atoms. The van der Waals surface area contributed by atoms with Crippen LogP contribution in [-0.2, 0) is 36.8 Å². The molecule has 2 amide bonds. The molecule has 1 aromatic heterocycles. The van der Waals surface area contributed by atoms with Gasteiger partial charge in [0.05, 0.1) is 24.1 Å². The van der Waals surface area contributed by atoms with E-state index in [1.165, 1.54) is 45.6 Å². The van der Waals surface area contributed by atoms with Gasteiger partial charge in [-0.2, -0.15) is 0 Å². The molecule has 3 fully saturated rings. The Kier molecular flexibility index (Phi) is 13.1. The van der Waals surface area contributed by atoms with Crippen molar-refractivity contribution in [2.45, 2.75) is 136 Å². The molecule has 5 aliphatic heterocycles. The van der Waals surface area contributed by atoms with E-state index in [1.54, 1.807) is 27.9 Å². The SMILES string of the molecule is CCn1c(C2=C([C@H](C)OC)N=CC(N3CCN(C4CC4)CC3)C2)c2c3cc(ccc31)C1=CCCN(C1)C[C@H](NC(=O)OC(C)(C)C)C(=O)N1CCC[C@H](N1)C(=O)OCC(C)(C)C2. The Balaban J connectivity index is 1.20. The molecular weight excluding hydrogens is 785 g/mol. The van der Waals surface area contributed by atoms with Gasteiger partial charge >= 0.3 is 12.1 Å². The van der Waals surface area contributed by atoms with Crippen LogP contribution in [-0.4, -0.2) is 150 Å². The fraction of sp³-hybridized carbons (Fsp3) is 0.667. The predicted molar refractivity (Wildman–Crippen MR) is 243 cm³/mol. The van der Waals surface area contributed by atoms with Gasteiger partial charge in [0.15, 0.2) is 0 Å². The van der Waals surface area contributed by atoms with E-state index in [0.29, 0.717) is 32.4 Å². The van der Waals surface area contributed by atoms with E-state index in [4.69, 9.17) is 19.2 Å². The molecule has 1 aliphatic carbocycles. The van der Waals surface area contributed by atoms with Crippen molar-refractivity contribution in [1.29, 1.82) is 0 Å². The first-order valence-electron chi connectivity index (χ1n) is 23.2. The second-order valence-corrected chi connectivity index (χ2v) is 20.1. The van der Waals surface area contributed by atoms with Crippen LogP contribution in [0.15, 0.2) is 35.0 Å². The van der Waals surface area contributed by atoms with E-state index in [-0.39, 0.29) is 37.2 Å². The first-order chi connectivity index (χ1) is 29.6. The Morgan fingerprint density at radius 1 is 1.06 bits per heavy atom. The van der Waals surface area contributed by atoms with Crippen molar-refractivity contribution in [3.05, 3.63) is 46.8 Å². The Labute approximate surface area is 368 Å². The van der Waals surface area contributed by atoms with Gasteiger partial charge in [0.1, 0.15) is 17.7 Å². The molecule has 8 rings (SSSR count). The van der Waals surface area contributed by atoms with E-state index in [1.807, 2.05) is 0 Å². The number of hydrogen-bond acceptors (Lipinski definition) is 11. The second kappa shape index (κ2) is 18.2. The summed E-state index contributed by atoms with van der Waals surface area (Å²) in [5.41, 5.74) is 10.1. The average Bonchev–Trinajstić information content (AvgIpc) is 4.07. The van der Waals surface area contributed by atoms with Crippen LogP contribution in [0.2, 0.25) is 0 Å². The number of methoxy groups -OCH3 is 1. The fourth-order valence-corrected chi connectivity index (χ4v) is 10.1. The van der Waals surface area contributed by atoms with Gasteiger partial charge < -0.3 is 24.1 Å². The molecule has 6 aliphatic rings. The third-order valence-electron chi connectivity index (χ3n) is 13.5. The van der Waals surface area contributed by atoms with Crippen LogP contribution < -0.4 is 10.7 Å². The van der Waals surface area contributed by atoms with E-state index < -0.39 is 29.2 Å². The first-order valence-corrected chi connectivity index (χ1v) is 23.2. The molecule has 2 unspecified atom stereocenters. The molecule has 2 N–H and O–H groups in total. The summed E-state index contributed by atoms with van der Waals surface area (Å²) in [4.78, 5) is 54.1. The van der Waals surface area contributed by atoms with Crippen molar-refractivity contribution in [2.24, 2.45) is 10.4 Å². The lowest BCUT2D eigenvalue weighted by Gasteiger charge is -2.40. The maximum Gasteiger partial charge on any atom is 0.408 e. The Morgan fingerprint density at radius 3 is 2.53 bits per heavy atom. The number of alkyl carbamates (subject to hydrolysis) is 1. The number of aromatic nitrogens is 1. The number of hydrogen-bond donors (Lipinski definition) is 2. The van der Waals surface area contributed by atoms with Crippen LogP contribution in [0.25, 0.3) is 22.0 Å². The number of ether oxygens (including phenoxy) is 3. The van der Waals surface area contributed by atoms with Gasteiger partial charge in [0.2, 0.25) is 0 Å². The molecular formula is C48H70N8O6. The summed E-state index contributed by atoms with van der Waals surface area (Å²) < 4.78 is 20.3. The van der Waals surface area contributed by atoms with Crippen molar-refractivity contribution in [3.8, 4) is 0 Å². The summed E-state index contributed by atoms with van der Waals surface area (Å²) in [5.74, 6) is -0.695. The number of carbonyl (C=O) groups excluding carboxylic acids is 3. The number of hydrazine groups is 1. The molecule has 1 saturated carbocycles. The minimum absolute atomic E-state index is 0.180. The van der Waals surface area contributed by atoms with Crippen LogP contribution in [0.5, 0.6) is 0 Å². The highest BCUT2D eigenvalue weighted by Crippen LogP contribution is 2.42. The molecule has 338 valence electrons. The lowest BCUT2D eigenvalue weighted by Crippen LogP contribution is -2.62. The average molecular weight is 855 g/mol. The zero-order valence-corrected chi connectivity index (χ0v) is 38.4. The third kappa shape index (κ3) is 9.84. The van der Waals surface area contributed by atoms with Crippen LogP contribution in [0.1, 0.15) is 104 Å². The predicted octanol–water partition coefficient (Wildman–Crippen LogP) is 5.63. The van der Waals surface area contributed by atoms with Gasteiger partial charge in [0.25, 0.3) is 5.91 Å². The Morgan fingerprint density at radius 2 is 1.82 bits per heavy atom. The van der Waals surface area contributed by atoms with Crippen LogP contribution in [0.3, 0.4) is 0 Å². The summed E-state index contributed by atoms with van der Waals surface area (Å²) >= 11 is 0. The summed E-state index contributed by atoms with van der Waals surface area (Å²) in [6, 6.07) is 6.21. The fourth-order valence-electron chi connectivity index (χ4n) is 10.1. The number of nitrogens with zero attached hydrogens (tertiary/aromatic N) is 6. The van der Waals surface area contributed by atoms with Gasteiger partial charge in [-0.1, -0.05) is 26.0 Å². The van der Waals surface area contributed by atoms with Gasteiger partial charge in [-0.25, -0.2) is 10.2 Å². The number of carbonyl (C=O) groups is 3. The number of cyclic esters (lactones) is 1. The molecule has 14 heteroatoms. The first kappa shape index (κ1) is 44.5. The minimum atomic E-state index is -0.902. The second-order valence-electron chi connectivity index (χ2n) is 20.1. The number of benzene rings is 1. The molecule has 5 atom stereocenters. The Hall–Kier alpha value is -4.08. The number of fused-ring (bicyclic) bond motifs is 6. The molecule has 2 saturated heterocycles. The summed E-state index contributed by atoms with van der Waals surface area (Å²) in [6.07, 6.45) is 9.76. The van der Waals surface area contributed by atoms with Crippen molar-refractivity contribution in [3.63, 3.8) is 0 Å². The quantitative estimate of drug-likeness (QED) is 0.338. The van der Waals surface area contributed by atoms with E-state index in [9.17, 15) is 14.4 Å². The van der Waals surface area contributed by atoms with Crippen molar-refractivity contribution >= 4 is 46.2 Å². The van der Waals surface area contributed by atoms with E-state index >= 15 is 0 Å². The standard InChI is InChI=1S/C48H70N8O6/c1-9-55-41-17-14-32-24-36(41)38(43(55)37-25-35(27-49-42(37)31(2)60-8)54-22-20-53(21-23-54)34-15-16-34)26-48(6,7)30-61-45(58)39-13-11-19-56(51-39)44(57)40(50-46(59)62-47(3,4)5)29-52-18-10-12-33(32)28-52/h12,14,17,24,27,31,34-35,39-40,51H,9-11,13,15-16,18-23,25-26,28-30H2,1-8H3,(H,50,59)/t31-,35?,39-,40-/m0/s1. The number of aliphatic imine (C=N–C) groups is 1. The number of esters is 1. The molecule has 0 spiro atoms. The molecule has 0 radical (unpaired) electrons. The number of aryl methyl sites for hydroxylation is 1. The molecule has 6 bridgehead atoms. The summed E-state index contributed by atoms with van der Waals surface area (Å²) in [5, 5.41) is 5.56. The van der Waals surface area contributed by atoms with E-state index in [2.05, 4.69) is 88.2 Å². The van der Waals surface area contributed by atoms with Crippen molar-refractivity contribution < 1.29 is 28.6 Å². The highest BCUT2D eigenvalue weighted by atomic mass is 16.6. The molecule has 6 heterocycles. The Bertz CT molecular complexity index is 2100. The molecule has 2 aromatic rings. The zero-order chi connectivity index (χ0) is 43.9. The topological polar surface area (TPSA) is 133 Å². The number of nitrogens with one attached hydrogen (secondary N) is 2. The van der Waals surface area contributed by atoms with Gasteiger partial charge in [0, 0.05) is 106 Å². The van der Waals surface area contributed by atoms with Crippen molar-refractivity contribution in [1.82, 2.24) is 35.0 Å². The third-order valence-corrected chi connectivity index (χ3v) is 13.5. The van der Waals surface area contributed by atoms with Gasteiger partial charge in [-0.05, 0) is 108 Å². The zero-order valence-electron chi connectivity index (χ0n) is 38.4. The van der Waals surface area contributed by atoms with Gasteiger partial charge in [-0.3, -0.25) is 34.3 Å². The normalized spacial score (nSPS) is 27.4. The maximum absolute atomic E-state index is 14.3. The van der Waals surface area contributed by atoms with Crippen LogP contribution in [0, 0.1) is 5.41 Å². The van der Waals surface area contributed by atoms with Crippen molar-refractivity contribution in [2.75, 3.05) is 66.1 Å². The summed E-state index contributed by atoms with van der Waals surface area (Å²) in [6.45, 7) is 21.4. The molecule has 1 aromatic carbocycles. The highest BCUT2D eigenvalue weighted by molar-refractivity contribution is 5.95. The van der Waals surface area contributed by atoms with E-state index in [0.717, 1.165) is 74.9 Å². The lowest BCUT2D eigenvalue weighted by molar-refractivity contribution is -0.155. The van der Waals surface area contributed by atoms with Crippen LogP contribution in [0.4, 0.5) is 4.79 Å². The number of amides is 2. The smallest absolute Gasteiger partial charge is 0.408 e. The monoisotopic (exact) mass is 855 g/mol. The molecule has 14 nitrogen and oxygen atoms in total. The number of rotatable bonds is 7. The van der Waals surface area contributed by atoms with Gasteiger partial charge in [-0.15, -0.1) is 0 Å². The minimum Gasteiger partial charge on any atom is -0.464 e. The largest absolute Gasteiger partial charge is 0.464 e. The summed E-state index contributed by atoms with van der Waals surface area (Å²) in [7, 11) is 1.76. The van der Waals surface area contributed by atoms with Crippen LogP contribution >= 0.6 is 0 Å². The number of piperazine rings is 1. The lowest BCUT2D eigenvalue weighted by atomic mass is 9.83. The maximum atomic E-state index is 14.3.